The van der Waals surface area contributed by atoms with Gasteiger partial charge in [0.05, 0.1) is 19.3 Å². The number of anilines is 2. The summed E-state index contributed by atoms with van der Waals surface area (Å²) in [5.41, 5.74) is 1.36. The average molecular weight is 364 g/mol. The first kappa shape index (κ1) is 19.0. The van der Waals surface area contributed by atoms with Gasteiger partial charge in [0.15, 0.2) is 0 Å². The maximum atomic E-state index is 12.2. The van der Waals surface area contributed by atoms with Crippen LogP contribution in [0.3, 0.4) is 0 Å². The molecule has 0 radical (unpaired) electrons. The number of aromatic nitrogens is 2. The van der Waals surface area contributed by atoms with Crippen molar-refractivity contribution in [3.05, 3.63) is 41.4 Å². The van der Waals surface area contributed by atoms with Crippen LogP contribution in [0.1, 0.15) is 19.7 Å². The second kappa shape index (κ2) is 8.64. The molecule has 8 heteroatoms. The van der Waals surface area contributed by atoms with Crippen molar-refractivity contribution >= 4 is 34.8 Å². The Morgan fingerprint density at radius 3 is 2.28 bits per heavy atom. The lowest BCUT2D eigenvalue weighted by Gasteiger charge is -2.19. The van der Waals surface area contributed by atoms with Crippen molar-refractivity contribution in [3.63, 3.8) is 0 Å². The summed E-state index contributed by atoms with van der Waals surface area (Å²) in [6.07, 6.45) is 1.60. The van der Waals surface area contributed by atoms with E-state index in [0.717, 1.165) is 5.82 Å². The van der Waals surface area contributed by atoms with Gasteiger partial charge in [-0.05, 0) is 30.8 Å². The molecule has 25 heavy (non-hydrogen) atoms. The van der Waals surface area contributed by atoms with Crippen LogP contribution >= 0.6 is 11.6 Å². The lowest BCUT2D eigenvalue weighted by atomic mass is 10.2. The highest BCUT2D eigenvalue weighted by Gasteiger charge is 2.13. The first-order valence-electron chi connectivity index (χ1n) is 7.95. The predicted octanol–water partition coefficient (Wildman–Crippen LogP) is 2.49. The molecule has 1 heterocycles. The molecule has 2 N–H and O–H groups in total. The molecule has 7 nitrogen and oxygen atoms in total. The van der Waals surface area contributed by atoms with E-state index in [4.69, 9.17) is 11.6 Å². The number of rotatable bonds is 7. The number of carbonyl (C=O) groups excluding carboxylic acids is 2. The van der Waals surface area contributed by atoms with Crippen molar-refractivity contribution in [3.8, 4) is 0 Å². The number of hydrogen-bond acceptors (Lipinski definition) is 4. The molecule has 2 amide bonds. The fraction of sp³-hybridized carbons (Fsp3) is 0.353. The Labute approximate surface area is 152 Å². The summed E-state index contributed by atoms with van der Waals surface area (Å²) in [6, 6.07) is 6.98. The summed E-state index contributed by atoms with van der Waals surface area (Å²) in [5, 5.41) is 6.09. The van der Waals surface area contributed by atoms with Crippen molar-refractivity contribution in [2.24, 2.45) is 7.05 Å². The van der Waals surface area contributed by atoms with E-state index in [1.54, 1.807) is 35.0 Å². The summed E-state index contributed by atoms with van der Waals surface area (Å²) >= 11 is 5.99. The number of benzene rings is 1. The quantitative estimate of drug-likeness (QED) is 0.792. The van der Waals surface area contributed by atoms with Gasteiger partial charge in [0, 0.05) is 25.3 Å². The molecule has 1 aromatic carbocycles. The fourth-order valence-corrected chi connectivity index (χ4v) is 2.44. The van der Waals surface area contributed by atoms with Crippen LogP contribution < -0.4 is 10.6 Å². The lowest BCUT2D eigenvalue weighted by molar-refractivity contribution is -0.117. The Morgan fingerprint density at radius 1 is 1.20 bits per heavy atom. The highest BCUT2D eigenvalue weighted by molar-refractivity contribution is 6.29. The van der Waals surface area contributed by atoms with E-state index in [1.807, 2.05) is 18.9 Å². The Bertz CT molecular complexity index is 742. The number of hydrogen-bond donors (Lipinski definition) is 2. The smallest absolute Gasteiger partial charge is 0.238 e. The van der Waals surface area contributed by atoms with Crippen LogP contribution in [-0.4, -0.2) is 39.4 Å². The van der Waals surface area contributed by atoms with Crippen molar-refractivity contribution < 1.29 is 9.59 Å². The minimum Gasteiger partial charge on any atom is -0.326 e. The second-order valence-corrected chi connectivity index (χ2v) is 6.05. The van der Waals surface area contributed by atoms with E-state index in [0.29, 0.717) is 29.6 Å². The van der Waals surface area contributed by atoms with Crippen molar-refractivity contribution in [2.45, 2.75) is 20.4 Å². The van der Waals surface area contributed by atoms with Gasteiger partial charge in [0.2, 0.25) is 11.8 Å². The molecule has 1 aromatic heterocycles. The van der Waals surface area contributed by atoms with Crippen LogP contribution in [0, 0.1) is 0 Å². The van der Waals surface area contributed by atoms with E-state index in [-0.39, 0.29) is 18.4 Å². The van der Waals surface area contributed by atoms with Crippen LogP contribution in [0.2, 0.25) is 5.15 Å². The maximum absolute atomic E-state index is 12.2. The predicted molar refractivity (Wildman–Crippen MR) is 98.5 cm³/mol. The minimum atomic E-state index is -0.134. The molecule has 0 aliphatic heterocycles. The lowest BCUT2D eigenvalue weighted by Crippen LogP contribution is -2.33. The molecule has 0 fully saturated rings. The van der Waals surface area contributed by atoms with Gasteiger partial charge in [-0.15, -0.1) is 0 Å². The summed E-state index contributed by atoms with van der Waals surface area (Å²) < 4.78 is 1.79. The molecular weight excluding hydrogens is 342 g/mol. The van der Waals surface area contributed by atoms with Crippen molar-refractivity contribution in [2.75, 3.05) is 23.7 Å². The highest BCUT2D eigenvalue weighted by atomic mass is 35.5. The standard InChI is InChI=1S/C17H22ClN5O2/c1-4-23(10-16-19-9-15(18)22(16)3)11-17(25)21-14-7-5-13(6-8-14)20-12(2)24/h5-9H,4,10-11H2,1-3H3,(H,20,24)(H,21,25). The van der Waals surface area contributed by atoms with E-state index >= 15 is 0 Å². The molecule has 0 saturated carbocycles. The molecule has 0 spiro atoms. The van der Waals surface area contributed by atoms with Crippen LogP contribution in [0.4, 0.5) is 11.4 Å². The van der Waals surface area contributed by atoms with E-state index in [1.165, 1.54) is 6.92 Å². The number of amides is 2. The summed E-state index contributed by atoms with van der Waals surface area (Å²) in [6.45, 7) is 4.92. The first-order valence-corrected chi connectivity index (χ1v) is 8.32. The molecule has 2 aromatic rings. The molecule has 0 aliphatic carbocycles. The van der Waals surface area contributed by atoms with Gasteiger partial charge < -0.3 is 15.2 Å². The number of halogens is 1. The normalized spacial score (nSPS) is 10.8. The zero-order valence-corrected chi connectivity index (χ0v) is 15.3. The van der Waals surface area contributed by atoms with Crippen LogP contribution in [-0.2, 0) is 23.2 Å². The van der Waals surface area contributed by atoms with Gasteiger partial charge in [-0.3, -0.25) is 14.5 Å². The van der Waals surface area contributed by atoms with Gasteiger partial charge in [-0.2, -0.15) is 0 Å². The SMILES string of the molecule is CCN(CC(=O)Nc1ccc(NC(C)=O)cc1)Cc1ncc(Cl)n1C. The van der Waals surface area contributed by atoms with Crippen LogP contribution in [0.15, 0.2) is 30.5 Å². The van der Waals surface area contributed by atoms with Crippen LogP contribution in [0.5, 0.6) is 0 Å². The summed E-state index contributed by atoms with van der Waals surface area (Å²) in [4.78, 5) is 29.5. The van der Waals surface area contributed by atoms with Gasteiger partial charge >= 0.3 is 0 Å². The zero-order chi connectivity index (χ0) is 18.4. The molecule has 0 saturated heterocycles. The van der Waals surface area contributed by atoms with Crippen molar-refractivity contribution in [1.29, 1.82) is 0 Å². The first-order chi connectivity index (χ1) is 11.9. The van der Waals surface area contributed by atoms with E-state index < -0.39 is 0 Å². The number of carbonyl (C=O) groups is 2. The maximum Gasteiger partial charge on any atom is 0.238 e. The minimum absolute atomic E-state index is 0.116. The molecular formula is C17H22ClN5O2. The molecule has 0 bridgehead atoms. The Hall–Kier alpha value is -2.38. The summed E-state index contributed by atoms with van der Waals surface area (Å²) in [5.74, 6) is 0.554. The average Bonchev–Trinajstić information content (AvgIpc) is 2.87. The summed E-state index contributed by atoms with van der Waals surface area (Å²) in [7, 11) is 1.84. The third kappa shape index (κ3) is 5.58. The van der Waals surface area contributed by atoms with Crippen LogP contribution in [0.25, 0.3) is 0 Å². The molecule has 0 unspecified atom stereocenters. The Kier molecular flexibility index (Phi) is 6.55. The molecule has 0 atom stereocenters. The molecule has 134 valence electrons. The van der Waals surface area contributed by atoms with Crippen molar-refractivity contribution in [1.82, 2.24) is 14.5 Å². The number of likely N-dealkylation sites (N-methyl/N-ethyl adjacent to an activating group) is 1. The third-order valence-corrected chi connectivity index (χ3v) is 4.05. The Morgan fingerprint density at radius 2 is 1.80 bits per heavy atom. The Balaban J connectivity index is 1.91. The van der Waals surface area contributed by atoms with Gasteiger partial charge in [-0.1, -0.05) is 18.5 Å². The number of imidazole rings is 1. The largest absolute Gasteiger partial charge is 0.326 e. The number of nitrogens with zero attached hydrogens (tertiary/aromatic N) is 3. The monoisotopic (exact) mass is 363 g/mol. The number of nitrogens with one attached hydrogen (secondary N) is 2. The van der Waals surface area contributed by atoms with E-state index in [9.17, 15) is 9.59 Å². The second-order valence-electron chi connectivity index (χ2n) is 5.67. The fourth-order valence-electron chi connectivity index (χ4n) is 2.29. The topological polar surface area (TPSA) is 79.3 Å². The molecule has 0 aliphatic rings. The van der Waals surface area contributed by atoms with E-state index in [2.05, 4.69) is 15.6 Å². The van der Waals surface area contributed by atoms with Gasteiger partial charge in [0.25, 0.3) is 0 Å². The van der Waals surface area contributed by atoms with Gasteiger partial charge in [-0.25, -0.2) is 4.98 Å². The highest BCUT2D eigenvalue weighted by Crippen LogP contribution is 2.14. The molecule has 2 rings (SSSR count). The zero-order valence-electron chi connectivity index (χ0n) is 14.5. The third-order valence-electron chi connectivity index (χ3n) is 3.70. The van der Waals surface area contributed by atoms with Gasteiger partial charge in [0.1, 0.15) is 11.0 Å².